The molecule has 0 aromatic heterocycles. The van der Waals surface area contributed by atoms with E-state index in [2.05, 4.69) is 5.32 Å². The summed E-state index contributed by atoms with van der Waals surface area (Å²) in [5, 5.41) is 5.06. The number of nitrogens with zero attached hydrogens (tertiary/aromatic N) is 1. The minimum absolute atomic E-state index is 0.0211. The molecule has 154 valence electrons. The van der Waals surface area contributed by atoms with Gasteiger partial charge in [-0.1, -0.05) is 36.4 Å². The van der Waals surface area contributed by atoms with Crippen LogP contribution in [-0.2, 0) is 9.53 Å². The molecule has 0 bridgehead atoms. The SMILES string of the molecule is O=C(NCCCOCC1CC1)C1CCCN(C(=O)c2cccc3ccccc23)C1. The zero-order valence-electron chi connectivity index (χ0n) is 16.9. The molecule has 2 fully saturated rings. The number of hydrogen-bond acceptors (Lipinski definition) is 3. The zero-order chi connectivity index (χ0) is 20.1. The minimum Gasteiger partial charge on any atom is -0.381 e. The molecule has 2 amide bonds. The molecule has 2 aromatic rings. The standard InChI is InChI=1S/C24H30N2O3/c27-23(25-13-5-15-29-17-18-11-12-18)20-8-4-14-26(16-20)24(28)22-10-3-7-19-6-1-2-9-21(19)22/h1-3,6-7,9-10,18,20H,4-5,8,11-17H2,(H,25,27). The van der Waals surface area contributed by atoms with E-state index >= 15 is 0 Å². The van der Waals surface area contributed by atoms with Crippen molar-refractivity contribution in [3.8, 4) is 0 Å². The van der Waals surface area contributed by atoms with Crippen LogP contribution in [0.15, 0.2) is 42.5 Å². The summed E-state index contributed by atoms with van der Waals surface area (Å²) in [6.07, 6.45) is 5.13. The number of carbonyl (C=O) groups excluding carboxylic acids is 2. The number of amides is 2. The van der Waals surface area contributed by atoms with Crippen LogP contribution in [0, 0.1) is 11.8 Å². The molecule has 1 atom stereocenters. The predicted octanol–water partition coefficient (Wildman–Crippen LogP) is 3.62. The van der Waals surface area contributed by atoms with Crippen molar-refractivity contribution < 1.29 is 14.3 Å². The van der Waals surface area contributed by atoms with E-state index in [-0.39, 0.29) is 17.7 Å². The van der Waals surface area contributed by atoms with Gasteiger partial charge in [0.15, 0.2) is 0 Å². The molecule has 1 heterocycles. The lowest BCUT2D eigenvalue weighted by atomic mass is 9.95. The van der Waals surface area contributed by atoms with Gasteiger partial charge in [0.1, 0.15) is 0 Å². The number of fused-ring (bicyclic) bond motifs is 1. The third-order valence-corrected chi connectivity index (χ3v) is 5.91. The molecular weight excluding hydrogens is 364 g/mol. The van der Waals surface area contributed by atoms with Crippen LogP contribution < -0.4 is 5.32 Å². The molecular formula is C24H30N2O3. The summed E-state index contributed by atoms with van der Waals surface area (Å²) in [5.74, 6) is 0.725. The third-order valence-electron chi connectivity index (χ3n) is 5.91. The van der Waals surface area contributed by atoms with Gasteiger partial charge in [-0.3, -0.25) is 9.59 Å². The van der Waals surface area contributed by atoms with Crippen LogP contribution in [0.1, 0.15) is 42.5 Å². The minimum atomic E-state index is -0.130. The van der Waals surface area contributed by atoms with E-state index in [1.165, 1.54) is 12.8 Å². The molecule has 1 aliphatic carbocycles. The van der Waals surface area contributed by atoms with E-state index in [0.29, 0.717) is 26.2 Å². The van der Waals surface area contributed by atoms with Crippen LogP contribution in [0.4, 0.5) is 0 Å². The first-order valence-corrected chi connectivity index (χ1v) is 10.8. The molecule has 0 radical (unpaired) electrons. The second-order valence-electron chi connectivity index (χ2n) is 8.28. The predicted molar refractivity (Wildman–Crippen MR) is 114 cm³/mol. The summed E-state index contributed by atoms with van der Waals surface area (Å²) < 4.78 is 5.61. The third kappa shape index (κ3) is 5.15. The Bertz CT molecular complexity index is 857. The van der Waals surface area contributed by atoms with Crippen molar-refractivity contribution in [3.63, 3.8) is 0 Å². The zero-order valence-corrected chi connectivity index (χ0v) is 16.9. The van der Waals surface area contributed by atoms with Gasteiger partial charge in [-0.25, -0.2) is 0 Å². The van der Waals surface area contributed by atoms with Crippen LogP contribution in [0.5, 0.6) is 0 Å². The summed E-state index contributed by atoms with van der Waals surface area (Å²) in [7, 11) is 0. The largest absolute Gasteiger partial charge is 0.381 e. The lowest BCUT2D eigenvalue weighted by Crippen LogP contribution is -2.45. The highest BCUT2D eigenvalue weighted by Crippen LogP contribution is 2.28. The molecule has 1 unspecified atom stereocenters. The molecule has 1 N–H and O–H groups in total. The molecule has 1 saturated carbocycles. The number of piperidine rings is 1. The topological polar surface area (TPSA) is 58.6 Å². The van der Waals surface area contributed by atoms with Gasteiger partial charge in [0.2, 0.25) is 5.91 Å². The molecule has 4 rings (SSSR count). The number of likely N-dealkylation sites (tertiary alicyclic amines) is 1. The molecule has 29 heavy (non-hydrogen) atoms. The van der Waals surface area contributed by atoms with E-state index in [9.17, 15) is 9.59 Å². The van der Waals surface area contributed by atoms with Crippen LogP contribution in [0.2, 0.25) is 0 Å². The van der Waals surface area contributed by atoms with Gasteiger partial charge in [0.05, 0.1) is 5.92 Å². The second-order valence-corrected chi connectivity index (χ2v) is 8.28. The van der Waals surface area contributed by atoms with Crippen molar-refractivity contribution in [3.05, 3.63) is 48.0 Å². The van der Waals surface area contributed by atoms with Gasteiger partial charge >= 0.3 is 0 Å². The highest BCUT2D eigenvalue weighted by molar-refractivity contribution is 6.07. The lowest BCUT2D eigenvalue weighted by Gasteiger charge is -2.32. The van der Waals surface area contributed by atoms with E-state index < -0.39 is 0 Å². The monoisotopic (exact) mass is 394 g/mol. The van der Waals surface area contributed by atoms with Gasteiger partial charge in [-0.05, 0) is 54.9 Å². The Kier molecular flexibility index (Phi) is 6.45. The Labute approximate surface area is 172 Å². The summed E-state index contributed by atoms with van der Waals surface area (Å²) >= 11 is 0. The van der Waals surface area contributed by atoms with Crippen molar-refractivity contribution in [2.45, 2.75) is 32.1 Å². The fraction of sp³-hybridized carbons (Fsp3) is 0.500. The van der Waals surface area contributed by atoms with Crippen LogP contribution >= 0.6 is 0 Å². The maximum absolute atomic E-state index is 13.2. The normalized spacial score (nSPS) is 19.3. The quantitative estimate of drug-likeness (QED) is 0.696. The van der Waals surface area contributed by atoms with E-state index in [1.54, 1.807) is 0 Å². The Morgan fingerprint density at radius 3 is 2.76 bits per heavy atom. The van der Waals surface area contributed by atoms with Crippen molar-refractivity contribution in [1.82, 2.24) is 10.2 Å². The molecule has 2 aromatic carbocycles. The first kappa shape index (κ1) is 19.9. The molecule has 1 saturated heterocycles. The smallest absolute Gasteiger partial charge is 0.254 e. The Balaban J connectivity index is 1.29. The lowest BCUT2D eigenvalue weighted by molar-refractivity contribution is -0.126. The first-order chi connectivity index (χ1) is 14.2. The molecule has 2 aliphatic rings. The van der Waals surface area contributed by atoms with E-state index in [0.717, 1.165) is 48.1 Å². The first-order valence-electron chi connectivity index (χ1n) is 10.8. The van der Waals surface area contributed by atoms with Gasteiger partial charge < -0.3 is 15.0 Å². The number of rotatable bonds is 8. The number of benzene rings is 2. The van der Waals surface area contributed by atoms with Crippen LogP contribution in [-0.4, -0.2) is 49.6 Å². The Hall–Kier alpha value is -2.40. The van der Waals surface area contributed by atoms with Crippen LogP contribution in [0.25, 0.3) is 10.8 Å². The maximum Gasteiger partial charge on any atom is 0.254 e. The summed E-state index contributed by atoms with van der Waals surface area (Å²) in [6, 6.07) is 13.8. The van der Waals surface area contributed by atoms with Crippen molar-refractivity contribution in [2.24, 2.45) is 11.8 Å². The average molecular weight is 395 g/mol. The van der Waals surface area contributed by atoms with Crippen molar-refractivity contribution in [2.75, 3.05) is 32.8 Å². The van der Waals surface area contributed by atoms with Crippen LogP contribution in [0.3, 0.4) is 0 Å². The van der Waals surface area contributed by atoms with Crippen molar-refractivity contribution in [1.29, 1.82) is 0 Å². The number of hydrogen-bond donors (Lipinski definition) is 1. The summed E-state index contributed by atoms with van der Waals surface area (Å²) in [5.41, 5.74) is 0.719. The van der Waals surface area contributed by atoms with E-state index in [4.69, 9.17) is 4.74 Å². The Morgan fingerprint density at radius 1 is 1.07 bits per heavy atom. The fourth-order valence-corrected chi connectivity index (χ4v) is 4.02. The van der Waals surface area contributed by atoms with Gasteiger partial charge in [-0.2, -0.15) is 0 Å². The Morgan fingerprint density at radius 2 is 1.90 bits per heavy atom. The fourth-order valence-electron chi connectivity index (χ4n) is 4.02. The highest BCUT2D eigenvalue weighted by atomic mass is 16.5. The molecule has 0 spiro atoms. The van der Waals surface area contributed by atoms with Gasteiger partial charge in [0.25, 0.3) is 5.91 Å². The van der Waals surface area contributed by atoms with Gasteiger partial charge in [0, 0.05) is 38.4 Å². The number of nitrogens with one attached hydrogen (secondary N) is 1. The summed E-state index contributed by atoms with van der Waals surface area (Å²) in [6.45, 7) is 3.40. The summed E-state index contributed by atoms with van der Waals surface area (Å²) in [4.78, 5) is 27.6. The molecule has 5 heteroatoms. The highest BCUT2D eigenvalue weighted by Gasteiger charge is 2.29. The second kappa shape index (κ2) is 9.40. The van der Waals surface area contributed by atoms with E-state index in [1.807, 2.05) is 47.4 Å². The maximum atomic E-state index is 13.2. The molecule has 1 aliphatic heterocycles. The van der Waals surface area contributed by atoms with Gasteiger partial charge in [-0.15, -0.1) is 0 Å². The molecule has 5 nitrogen and oxygen atoms in total. The average Bonchev–Trinajstić information content (AvgIpc) is 3.59. The number of ether oxygens (including phenoxy) is 1. The number of carbonyl (C=O) groups is 2. The van der Waals surface area contributed by atoms with Crippen molar-refractivity contribution >= 4 is 22.6 Å².